The summed E-state index contributed by atoms with van der Waals surface area (Å²) >= 11 is 0. The average Bonchev–Trinajstić information content (AvgIpc) is 2.25. The normalized spacial score (nSPS) is 15.0. The van der Waals surface area contributed by atoms with E-state index in [2.05, 4.69) is 12.2 Å². The molecule has 0 bridgehead atoms. The first-order valence-electron chi connectivity index (χ1n) is 6.35. The number of aliphatic hydroxyl groups is 2. The predicted molar refractivity (Wildman–Crippen MR) is 65.5 cm³/mol. The molecule has 0 aromatic rings. The highest BCUT2D eigenvalue weighted by Crippen LogP contribution is 1.94. The molecule has 0 amide bonds. The van der Waals surface area contributed by atoms with Crippen molar-refractivity contribution < 1.29 is 14.9 Å². The van der Waals surface area contributed by atoms with Crippen LogP contribution in [0.2, 0.25) is 0 Å². The van der Waals surface area contributed by atoms with Gasteiger partial charge in [-0.3, -0.25) is 0 Å². The van der Waals surface area contributed by atoms with Crippen molar-refractivity contribution in [2.75, 3.05) is 26.3 Å². The van der Waals surface area contributed by atoms with Gasteiger partial charge in [0.05, 0.1) is 18.8 Å². The Morgan fingerprint density at radius 2 is 1.75 bits per heavy atom. The molecular weight excluding hydrogens is 206 g/mol. The second kappa shape index (κ2) is 11.3. The summed E-state index contributed by atoms with van der Waals surface area (Å²) in [6.45, 7) is 6.26. The van der Waals surface area contributed by atoms with Crippen LogP contribution < -0.4 is 5.32 Å². The fourth-order valence-electron chi connectivity index (χ4n) is 1.38. The minimum absolute atomic E-state index is 0.307. The van der Waals surface area contributed by atoms with Gasteiger partial charge in [0.1, 0.15) is 0 Å². The Labute approximate surface area is 99.0 Å². The minimum atomic E-state index is -0.481. The van der Waals surface area contributed by atoms with Crippen molar-refractivity contribution in [1.82, 2.24) is 5.32 Å². The zero-order valence-electron chi connectivity index (χ0n) is 10.6. The van der Waals surface area contributed by atoms with Crippen molar-refractivity contribution in [2.24, 2.45) is 0 Å². The van der Waals surface area contributed by atoms with E-state index in [0.717, 1.165) is 25.7 Å². The highest BCUT2D eigenvalue weighted by Gasteiger charge is 2.06. The number of rotatable bonds is 11. The Morgan fingerprint density at radius 3 is 2.38 bits per heavy atom. The molecular formula is C12H27NO3. The Balaban J connectivity index is 3.26. The number of unbranched alkanes of at least 4 members (excludes halogenated alkanes) is 1. The molecule has 98 valence electrons. The van der Waals surface area contributed by atoms with Crippen LogP contribution in [0.1, 0.15) is 39.5 Å². The van der Waals surface area contributed by atoms with Crippen LogP contribution in [-0.2, 0) is 4.74 Å². The van der Waals surface area contributed by atoms with Crippen LogP contribution >= 0.6 is 0 Å². The minimum Gasteiger partial charge on any atom is -0.392 e. The molecule has 0 aliphatic heterocycles. The summed E-state index contributed by atoms with van der Waals surface area (Å²) in [5.41, 5.74) is 0. The van der Waals surface area contributed by atoms with Crippen LogP contribution in [0.5, 0.6) is 0 Å². The second-order valence-electron chi connectivity index (χ2n) is 4.18. The van der Waals surface area contributed by atoms with Gasteiger partial charge in [0.2, 0.25) is 0 Å². The third kappa shape index (κ3) is 10.4. The molecule has 2 atom stereocenters. The van der Waals surface area contributed by atoms with E-state index in [9.17, 15) is 10.2 Å². The number of nitrogens with one attached hydrogen (secondary N) is 1. The van der Waals surface area contributed by atoms with Gasteiger partial charge >= 0.3 is 0 Å². The maximum atomic E-state index is 9.52. The van der Waals surface area contributed by atoms with Gasteiger partial charge in [-0.05, 0) is 12.8 Å². The summed E-state index contributed by atoms with van der Waals surface area (Å²) in [5.74, 6) is 0. The number of ether oxygens (including phenoxy) is 1. The molecule has 0 heterocycles. The summed E-state index contributed by atoms with van der Waals surface area (Å²) in [6, 6.07) is 0. The van der Waals surface area contributed by atoms with E-state index in [1.807, 2.05) is 6.92 Å². The Bertz CT molecular complexity index is 144. The molecule has 0 aromatic carbocycles. The standard InChI is InChI=1S/C12H27NO3/c1-3-5-7-16-10-12(15)9-13-8-11(14)6-4-2/h11-15H,3-10H2,1-2H3. The van der Waals surface area contributed by atoms with E-state index in [0.29, 0.717) is 26.3 Å². The Hall–Kier alpha value is -0.160. The summed E-state index contributed by atoms with van der Waals surface area (Å²) in [4.78, 5) is 0. The molecule has 0 saturated heterocycles. The van der Waals surface area contributed by atoms with Gasteiger partial charge in [-0.2, -0.15) is 0 Å². The average molecular weight is 233 g/mol. The fourth-order valence-corrected chi connectivity index (χ4v) is 1.38. The Morgan fingerprint density at radius 1 is 1.06 bits per heavy atom. The first-order valence-corrected chi connectivity index (χ1v) is 6.35. The molecule has 3 N–H and O–H groups in total. The topological polar surface area (TPSA) is 61.7 Å². The molecule has 4 heteroatoms. The lowest BCUT2D eigenvalue weighted by Gasteiger charge is -2.14. The third-order valence-corrected chi connectivity index (χ3v) is 2.33. The number of aliphatic hydroxyl groups excluding tert-OH is 2. The maximum Gasteiger partial charge on any atom is 0.0897 e. The largest absolute Gasteiger partial charge is 0.392 e. The summed E-state index contributed by atoms with van der Waals surface area (Å²) in [7, 11) is 0. The lowest BCUT2D eigenvalue weighted by atomic mass is 10.2. The predicted octanol–water partition coefficient (Wildman–Crippen LogP) is 0.915. The molecule has 4 nitrogen and oxygen atoms in total. The number of hydrogen-bond acceptors (Lipinski definition) is 4. The zero-order valence-corrected chi connectivity index (χ0v) is 10.6. The highest BCUT2D eigenvalue weighted by molar-refractivity contribution is 4.63. The van der Waals surface area contributed by atoms with Gasteiger partial charge in [0, 0.05) is 19.7 Å². The van der Waals surface area contributed by atoms with Crippen molar-refractivity contribution in [3.63, 3.8) is 0 Å². The van der Waals surface area contributed by atoms with E-state index in [1.54, 1.807) is 0 Å². The zero-order chi connectivity index (χ0) is 12.2. The lowest BCUT2D eigenvalue weighted by molar-refractivity contribution is 0.0341. The molecule has 16 heavy (non-hydrogen) atoms. The van der Waals surface area contributed by atoms with Crippen molar-refractivity contribution in [1.29, 1.82) is 0 Å². The van der Waals surface area contributed by atoms with Crippen molar-refractivity contribution in [3.8, 4) is 0 Å². The van der Waals surface area contributed by atoms with Crippen molar-refractivity contribution in [2.45, 2.75) is 51.7 Å². The fraction of sp³-hybridized carbons (Fsp3) is 1.00. The van der Waals surface area contributed by atoms with E-state index in [1.165, 1.54) is 0 Å². The van der Waals surface area contributed by atoms with Crippen molar-refractivity contribution in [3.05, 3.63) is 0 Å². The van der Waals surface area contributed by atoms with Crippen LogP contribution in [0.25, 0.3) is 0 Å². The second-order valence-corrected chi connectivity index (χ2v) is 4.18. The SMILES string of the molecule is CCCCOCC(O)CNCC(O)CCC. The third-order valence-electron chi connectivity index (χ3n) is 2.33. The van der Waals surface area contributed by atoms with Gasteiger partial charge < -0.3 is 20.3 Å². The summed E-state index contributed by atoms with van der Waals surface area (Å²) in [6.07, 6.45) is 3.14. The van der Waals surface area contributed by atoms with Gasteiger partial charge in [-0.15, -0.1) is 0 Å². The molecule has 0 fully saturated rings. The van der Waals surface area contributed by atoms with Gasteiger partial charge in [0.15, 0.2) is 0 Å². The molecule has 0 rings (SSSR count). The first-order chi connectivity index (χ1) is 7.70. The van der Waals surface area contributed by atoms with E-state index in [-0.39, 0.29) is 6.10 Å². The van der Waals surface area contributed by atoms with Gasteiger partial charge in [-0.25, -0.2) is 0 Å². The summed E-state index contributed by atoms with van der Waals surface area (Å²) < 4.78 is 5.29. The molecule has 2 unspecified atom stereocenters. The smallest absolute Gasteiger partial charge is 0.0897 e. The maximum absolute atomic E-state index is 9.52. The van der Waals surface area contributed by atoms with Gasteiger partial charge in [0.25, 0.3) is 0 Å². The molecule has 0 radical (unpaired) electrons. The van der Waals surface area contributed by atoms with E-state index in [4.69, 9.17) is 4.74 Å². The van der Waals surface area contributed by atoms with Gasteiger partial charge in [-0.1, -0.05) is 26.7 Å². The van der Waals surface area contributed by atoms with Crippen LogP contribution in [0.15, 0.2) is 0 Å². The monoisotopic (exact) mass is 233 g/mol. The molecule has 0 saturated carbocycles. The molecule has 0 aliphatic carbocycles. The quantitative estimate of drug-likeness (QED) is 0.464. The van der Waals surface area contributed by atoms with Crippen LogP contribution in [0, 0.1) is 0 Å². The lowest BCUT2D eigenvalue weighted by Crippen LogP contribution is -2.35. The van der Waals surface area contributed by atoms with E-state index >= 15 is 0 Å². The molecule has 0 aromatic heterocycles. The molecule has 0 spiro atoms. The van der Waals surface area contributed by atoms with Crippen LogP contribution in [-0.4, -0.2) is 48.7 Å². The highest BCUT2D eigenvalue weighted by atomic mass is 16.5. The van der Waals surface area contributed by atoms with Crippen molar-refractivity contribution >= 4 is 0 Å². The Kier molecular flexibility index (Phi) is 11.2. The summed E-state index contributed by atoms with van der Waals surface area (Å²) in [5, 5.41) is 22.0. The van der Waals surface area contributed by atoms with Crippen LogP contribution in [0.3, 0.4) is 0 Å². The first kappa shape index (κ1) is 15.8. The van der Waals surface area contributed by atoms with E-state index < -0.39 is 6.10 Å². The molecule has 0 aliphatic rings. The number of hydrogen-bond donors (Lipinski definition) is 3. The van der Waals surface area contributed by atoms with Crippen LogP contribution in [0.4, 0.5) is 0 Å².